The molecule has 0 spiro atoms. The molecule has 1 saturated carbocycles. The molecule has 1 aromatic carbocycles. The highest BCUT2D eigenvalue weighted by Crippen LogP contribution is 2.30. The molecular formula is C19H27NO4. The first-order valence-corrected chi connectivity index (χ1v) is 8.56. The summed E-state index contributed by atoms with van der Waals surface area (Å²) in [7, 11) is 3.38. The van der Waals surface area contributed by atoms with Gasteiger partial charge in [-0.2, -0.15) is 0 Å². The summed E-state index contributed by atoms with van der Waals surface area (Å²) in [5, 5.41) is 0. The first kappa shape index (κ1) is 18.3. The predicted octanol–water partition coefficient (Wildman–Crippen LogP) is 3.46. The Kier molecular flexibility index (Phi) is 6.23. The second-order valence-corrected chi connectivity index (χ2v) is 6.42. The Balaban J connectivity index is 2.06. The zero-order valence-corrected chi connectivity index (χ0v) is 15.0. The van der Waals surface area contributed by atoms with E-state index in [1.165, 1.54) is 33.3 Å². The van der Waals surface area contributed by atoms with Gasteiger partial charge in [0.15, 0.2) is 23.4 Å². The number of rotatable bonds is 6. The van der Waals surface area contributed by atoms with Gasteiger partial charge >= 0.3 is 0 Å². The van der Waals surface area contributed by atoms with Crippen LogP contribution in [0.1, 0.15) is 56.3 Å². The molecule has 0 saturated heterocycles. The lowest BCUT2D eigenvalue weighted by Crippen LogP contribution is -2.44. The SMILES string of the molecule is COc1cc(C(C)=O)ccc1OC(C)C(=O)N(C)C1CCCCC1. The van der Waals surface area contributed by atoms with Crippen LogP contribution in [0.4, 0.5) is 0 Å². The van der Waals surface area contributed by atoms with Gasteiger partial charge in [-0.05, 0) is 44.9 Å². The van der Waals surface area contributed by atoms with Crippen LogP contribution >= 0.6 is 0 Å². The summed E-state index contributed by atoms with van der Waals surface area (Å²) in [6, 6.07) is 5.31. The molecule has 1 aliphatic carbocycles. The van der Waals surface area contributed by atoms with Gasteiger partial charge in [0, 0.05) is 18.7 Å². The third kappa shape index (κ3) is 4.28. The van der Waals surface area contributed by atoms with Crippen molar-refractivity contribution in [2.45, 2.75) is 58.1 Å². The molecule has 24 heavy (non-hydrogen) atoms. The van der Waals surface area contributed by atoms with Gasteiger partial charge in [-0.3, -0.25) is 9.59 Å². The number of nitrogens with zero attached hydrogens (tertiary/aromatic N) is 1. The highest BCUT2D eigenvalue weighted by molar-refractivity contribution is 5.94. The number of hydrogen-bond donors (Lipinski definition) is 0. The van der Waals surface area contributed by atoms with Gasteiger partial charge in [-0.15, -0.1) is 0 Å². The minimum absolute atomic E-state index is 0.0282. The molecule has 1 aliphatic rings. The van der Waals surface area contributed by atoms with Crippen molar-refractivity contribution in [3.8, 4) is 11.5 Å². The maximum atomic E-state index is 12.6. The molecule has 0 radical (unpaired) electrons. The Morgan fingerprint density at radius 1 is 1.17 bits per heavy atom. The van der Waals surface area contributed by atoms with Gasteiger partial charge in [0.05, 0.1) is 7.11 Å². The molecule has 0 N–H and O–H groups in total. The number of likely N-dealkylation sites (N-methyl/N-ethyl adjacent to an activating group) is 1. The van der Waals surface area contributed by atoms with Crippen LogP contribution in [0.3, 0.4) is 0 Å². The minimum atomic E-state index is -0.603. The number of ether oxygens (including phenoxy) is 2. The van der Waals surface area contributed by atoms with Crippen LogP contribution in [-0.4, -0.2) is 42.9 Å². The fraction of sp³-hybridized carbons (Fsp3) is 0.579. The number of Topliss-reactive ketones (excluding diaryl/α,β-unsaturated/α-hetero) is 1. The van der Waals surface area contributed by atoms with Crippen LogP contribution in [0.2, 0.25) is 0 Å². The van der Waals surface area contributed by atoms with E-state index < -0.39 is 6.10 Å². The van der Waals surface area contributed by atoms with Gasteiger partial charge in [-0.1, -0.05) is 19.3 Å². The van der Waals surface area contributed by atoms with Crippen molar-refractivity contribution in [3.05, 3.63) is 23.8 Å². The van der Waals surface area contributed by atoms with E-state index in [2.05, 4.69) is 0 Å². The number of hydrogen-bond acceptors (Lipinski definition) is 4. The third-order valence-electron chi connectivity index (χ3n) is 4.69. The van der Waals surface area contributed by atoms with Crippen molar-refractivity contribution in [2.75, 3.05) is 14.2 Å². The second kappa shape index (κ2) is 8.18. The molecule has 5 heteroatoms. The van der Waals surface area contributed by atoms with Crippen LogP contribution in [0.15, 0.2) is 18.2 Å². The Morgan fingerprint density at radius 3 is 2.42 bits per heavy atom. The maximum Gasteiger partial charge on any atom is 0.263 e. The summed E-state index contributed by atoms with van der Waals surface area (Å²) in [5.74, 6) is 0.865. The highest BCUT2D eigenvalue weighted by Gasteiger charge is 2.27. The average Bonchev–Trinajstić information content (AvgIpc) is 2.61. The van der Waals surface area contributed by atoms with E-state index >= 15 is 0 Å². The average molecular weight is 333 g/mol. The summed E-state index contributed by atoms with van der Waals surface area (Å²) >= 11 is 0. The van der Waals surface area contributed by atoms with Gasteiger partial charge in [0.1, 0.15) is 0 Å². The Hall–Kier alpha value is -2.04. The zero-order chi connectivity index (χ0) is 17.7. The second-order valence-electron chi connectivity index (χ2n) is 6.42. The molecule has 5 nitrogen and oxygen atoms in total. The van der Waals surface area contributed by atoms with Crippen molar-refractivity contribution in [3.63, 3.8) is 0 Å². The first-order chi connectivity index (χ1) is 11.4. The molecule has 132 valence electrons. The smallest absolute Gasteiger partial charge is 0.263 e. The van der Waals surface area contributed by atoms with Crippen molar-refractivity contribution in [2.24, 2.45) is 0 Å². The molecule has 0 aliphatic heterocycles. The van der Waals surface area contributed by atoms with E-state index in [1.54, 1.807) is 25.1 Å². The largest absolute Gasteiger partial charge is 0.493 e. The first-order valence-electron chi connectivity index (χ1n) is 8.56. The lowest BCUT2D eigenvalue weighted by atomic mass is 9.94. The van der Waals surface area contributed by atoms with E-state index in [1.807, 2.05) is 11.9 Å². The summed E-state index contributed by atoms with van der Waals surface area (Å²) in [6.45, 7) is 3.25. The number of carbonyl (C=O) groups is 2. The number of benzene rings is 1. The molecule has 1 fully saturated rings. The zero-order valence-electron chi connectivity index (χ0n) is 15.0. The van der Waals surface area contributed by atoms with Crippen LogP contribution in [-0.2, 0) is 4.79 Å². The molecule has 0 bridgehead atoms. The van der Waals surface area contributed by atoms with Crippen molar-refractivity contribution in [1.82, 2.24) is 4.90 Å². The van der Waals surface area contributed by atoms with Gasteiger partial charge in [0.2, 0.25) is 0 Å². The number of methoxy groups -OCH3 is 1. The lowest BCUT2D eigenvalue weighted by molar-refractivity contribution is -0.139. The standard InChI is InChI=1S/C19H27NO4/c1-13(21)15-10-11-17(18(12-15)23-4)24-14(2)19(22)20(3)16-8-6-5-7-9-16/h10-12,14,16H,5-9H2,1-4H3. The van der Waals surface area contributed by atoms with Crippen molar-refractivity contribution in [1.29, 1.82) is 0 Å². The molecule has 1 unspecified atom stereocenters. The van der Waals surface area contributed by atoms with E-state index in [-0.39, 0.29) is 11.7 Å². The number of amides is 1. The van der Waals surface area contributed by atoms with E-state index in [0.717, 1.165) is 12.8 Å². The van der Waals surface area contributed by atoms with E-state index in [0.29, 0.717) is 23.1 Å². The summed E-state index contributed by atoms with van der Waals surface area (Å²) in [6.07, 6.45) is 5.13. The van der Waals surface area contributed by atoms with Gasteiger partial charge < -0.3 is 14.4 Å². The molecule has 1 aromatic rings. The normalized spacial score (nSPS) is 16.3. The predicted molar refractivity (Wildman–Crippen MR) is 92.7 cm³/mol. The number of carbonyl (C=O) groups excluding carboxylic acids is 2. The Morgan fingerprint density at radius 2 is 1.83 bits per heavy atom. The molecule has 2 rings (SSSR count). The third-order valence-corrected chi connectivity index (χ3v) is 4.69. The van der Waals surface area contributed by atoms with Crippen LogP contribution < -0.4 is 9.47 Å². The highest BCUT2D eigenvalue weighted by atomic mass is 16.5. The monoisotopic (exact) mass is 333 g/mol. The van der Waals surface area contributed by atoms with E-state index in [9.17, 15) is 9.59 Å². The summed E-state index contributed by atoms with van der Waals surface area (Å²) in [5.41, 5.74) is 0.553. The van der Waals surface area contributed by atoms with Gasteiger partial charge in [-0.25, -0.2) is 0 Å². The van der Waals surface area contributed by atoms with E-state index in [4.69, 9.17) is 9.47 Å². The maximum absolute atomic E-state index is 12.6. The summed E-state index contributed by atoms with van der Waals surface area (Å²) < 4.78 is 11.1. The topological polar surface area (TPSA) is 55.8 Å². The quantitative estimate of drug-likeness (QED) is 0.748. The Bertz CT molecular complexity index is 593. The molecule has 1 atom stereocenters. The minimum Gasteiger partial charge on any atom is -0.493 e. The van der Waals surface area contributed by atoms with Crippen molar-refractivity contribution < 1.29 is 19.1 Å². The fourth-order valence-corrected chi connectivity index (χ4v) is 3.16. The number of ketones is 1. The molecule has 0 aromatic heterocycles. The lowest BCUT2D eigenvalue weighted by Gasteiger charge is -2.33. The van der Waals surface area contributed by atoms with Crippen molar-refractivity contribution >= 4 is 11.7 Å². The summed E-state index contributed by atoms with van der Waals surface area (Å²) in [4.78, 5) is 25.9. The molecule has 0 heterocycles. The van der Waals surface area contributed by atoms with Crippen LogP contribution in [0, 0.1) is 0 Å². The fourth-order valence-electron chi connectivity index (χ4n) is 3.16. The van der Waals surface area contributed by atoms with Crippen LogP contribution in [0.25, 0.3) is 0 Å². The molecule has 1 amide bonds. The Labute approximate surface area is 143 Å². The van der Waals surface area contributed by atoms with Crippen LogP contribution in [0.5, 0.6) is 11.5 Å². The van der Waals surface area contributed by atoms with Gasteiger partial charge in [0.25, 0.3) is 5.91 Å². The molecular weight excluding hydrogens is 306 g/mol.